The summed E-state index contributed by atoms with van der Waals surface area (Å²) < 4.78 is 3.61. The van der Waals surface area contributed by atoms with Crippen molar-refractivity contribution in [1.82, 2.24) is 15.3 Å². The molecule has 10 rings (SSSR count). The van der Waals surface area contributed by atoms with Gasteiger partial charge < -0.3 is 38.8 Å². The number of aldehydes is 1. The molecule has 2 aliphatic carbocycles. The molecule has 15 heteroatoms. The largest absolute Gasteiger partial charge is 1.00 e. The van der Waals surface area contributed by atoms with Gasteiger partial charge in [0, 0.05) is 75.3 Å². The van der Waals surface area contributed by atoms with Gasteiger partial charge in [-0.25, -0.2) is 19.4 Å². The average Bonchev–Trinajstić information content (AvgIpc) is 4.19. The van der Waals surface area contributed by atoms with Crippen LogP contribution >= 0.6 is 0 Å². The number of aliphatic carboxylic acids is 1. The van der Waals surface area contributed by atoms with Crippen molar-refractivity contribution in [2.75, 3.05) is 0 Å². The Hall–Kier alpha value is -7.07. The minimum Gasteiger partial charge on any atom is -0.793 e. The Morgan fingerprint density at radius 3 is 1.37 bits per heavy atom. The smallest absolute Gasteiger partial charge is 0.793 e. The predicted octanol–water partition coefficient (Wildman–Crippen LogP) is 6.61. The summed E-state index contributed by atoms with van der Waals surface area (Å²) in [4.78, 5) is 62.8. The van der Waals surface area contributed by atoms with Crippen molar-refractivity contribution < 1.29 is 73.1 Å². The van der Waals surface area contributed by atoms with Crippen LogP contribution in [-0.2, 0) is 65.8 Å². The Balaban J connectivity index is 0.000000209. The molecule has 3 radical (unpaired) electrons. The van der Waals surface area contributed by atoms with Gasteiger partial charge in [0.1, 0.15) is 6.29 Å². The summed E-state index contributed by atoms with van der Waals surface area (Å²) in [6, 6.07) is 51.8. The summed E-state index contributed by atoms with van der Waals surface area (Å²) in [6.07, 6.45) is 9.20. The van der Waals surface area contributed by atoms with Crippen molar-refractivity contribution in [3.05, 3.63) is 191 Å². The van der Waals surface area contributed by atoms with Gasteiger partial charge in [-0.15, -0.1) is 0 Å². The van der Waals surface area contributed by atoms with Gasteiger partial charge in [0.25, 0.3) is 5.97 Å². The van der Waals surface area contributed by atoms with Gasteiger partial charge >= 0.3 is 41.5 Å². The van der Waals surface area contributed by atoms with Crippen LogP contribution < -0.4 is 40.6 Å². The van der Waals surface area contributed by atoms with Gasteiger partial charge in [-0.2, -0.15) is 0 Å². The van der Waals surface area contributed by atoms with Gasteiger partial charge in [0.2, 0.25) is 5.97 Å². The summed E-state index contributed by atoms with van der Waals surface area (Å²) >= 11 is 0. The molecule has 0 saturated heterocycles. The molecule has 0 atom stereocenters. The molecule has 0 spiro atoms. The maximum atomic E-state index is 10.6. The van der Waals surface area contributed by atoms with Crippen LogP contribution in [0.2, 0.25) is 0 Å². The number of nitrogens with one attached hydrogen (secondary N) is 3. The van der Waals surface area contributed by atoms with E-state index in [2.05, 4.69) is 159 Å². The zero-order chi connectivity index (χ0) is 50.4. The van der Waals surface area contributed by atoms with E-state index in [1.54, 1.807) is 0 Å². The molecule has 0 saturated carbocycles. The first-order chi connectivity index (χ1) is 33.7. The Morgan fingerprint density at radius 1 is 0.606 bits per heavy atom. The Morgan fingerprint density at radius 2 is 0.986 bits per heavy atom. The monoisotopic (exact) mass is 963 g/mol. The Labute approximate surface area is 437 Å². The normalized spacial score (nSPS) is 11.8. The zero-order valence-electron chi connectivity index (χ0n) is 40.6. The van der Waals surface area contributed by atoms with Crippen LogP contribution in [-0.4, -0.2) is 65.4 Å². The molecule has 0 unspecified atom stereocenters. The Kier molecular flexibility index (Phi) is 23.2. The minimum absolute atomic E-state index is 0. The summed E-state index contributed by atoms with van der Waals surface area (Å²) in [5, 5.41) is 13.6. The molecule has 0 aliphatic heterocycles. The van der Waals surface area contributed by atoms with E-state index in [1.807, 2.05) is 36.7 Å². The molecule has 0 bridgehead atoms. The molecule has 6 N–H and O–H groups in total. The summed E-state index contributed by atoms with van der Waals surface area (Å²) in [7, 11) is 4.32. The van der Waals surface area contributed by atoms with Gasteiger partial charge in [-0.1, -0.05) is 109 Å². The molecule has 0 amide bonds. The van der Waals surface area contributed by atoms with Crippen LogP contribution in [0.3, 0.4) is 0 Å². The van der Waals surface area contributed by atoms with E-state index in [0.29, 0.717) is 17.6 Å². The van der Waals surface area contributed by atoms with Crippen molar-refractivity contribution in [3.63, 3.8) is 0 Å². The fourth-order valence-corrected chi connectivity index (χ4v) is 7.71. The molecule has 359 valence electrons. The number of rotatable bonds is 6. The number of nitrogens with two attached hydrogens (primary N) is 1. The number of aromatic amines is 2. The van der Waals surface area contributed by atoms with E-state index in [-0.39, 0.29) is 29.6 Å². The fourth-order valence-electron chi connectivity index (χ4n) is 7.71. The van der Waals surface area contributed by atoms with Crippen LogP contribution in [0.5, 0.6) is 0 Å². The summed E-state index contributed by atoms with van der Waals surface area (Å²) in [5.74, 6) is -2.58. The third kappa shape index (κ3) is 19.0. The molecule has 13 nitrogen and oxygen atoms in total. The topological polar surface area (TPSA) is 203 Å². The molecular weight excluding hydrogens is 906 g/mol. The van der Waals surface area contributed by atoms with Crippen molar-refractivity contribution >= 4 is 60.0 Å². The molecule has 0 fully saturated rings. The zero-order valence-corrected chi connectivity index (χ0v) is 42.6. The van der Waals surface area contributed by atoms with Gasteiger partial charge in [0.15, 0.2) is 0 Å². The quantitative estimate of drug-likeness (QED) is 0.0520. The van der Waals surface area contributed by atoms with Crippen molar-refractivity contribution in [3.8, 4) is 22.3 Å². The molecule has 2 heterocycles. The summed E-state index contributed by atoms with van der Waals surface area (Å²) in [5.41, 5.74) is 20.9. The van der Waals surface area contributed by atoms with E-state index < -0.39 is 23.9 Å². The number of H-pyrrole nitrogens is 2. The van der Waals surface area contributed by atoms with Crippen LogP contribution in [0.25, 0.3) is 44.1 Å². The molecule has 8 aromatic rings. The second-order valence-corrected chi connectivity index (χ2v) is 16.5. The third-order valence-corrected chi connectivity index (χ3v) is 10.9. The van der Waals surface area contributed by atoms with E-state index in [4.69, 9.17) is 15.6 Å². The number of carboxylic acids is 1. The summed E-state index contributed by atoms with van der Waals surface area (Å²) in [6.45, 7) is 5.53. The third-order valence-electron chi connectivity index (χ3n) is 10.9. The molecule has 6 aromatic carbocycles. The fraction of sp³-hybridized carbons (Fsp3) is 0.196. The number of carbonyl (C=O) groups excluding carboxylic acids is 4. The van der Waals surface area contributed by atoms with E-state index in [9.17, 15) is 19.2 Å². The van der Waals surface area contributed by atoms with Crippen molar-refractivity contribution in [1.29, 1.82) is 0 Å². The Bertz CT molecular complexity index is 2900. The van der Waals surface area contributed by atoms with Crippen LogP contribution in [0, 0.1) is 0 Å². The first-order valence-electron chi connectivity index (χ1n) is 22.6. The minimum atomic E-state index is -0.833. The van der Waals surface area contributed by atoms with E-state index in [1.165, 1.54) is 62.2 Å². The first kappa shape index (κ1) is 56.5. The molecule has 2 aliphatic rings. The molecule has 2 aromatic heterocycles. The van der Waals surface area contributed by atoms with Gasteiger partial charge in [-0.3, -0.25) is 14.4 Å². The van der Waals surface area contributed by atoms with Crippen LogP contribution in [0.1, 0.15) is 65.9 Å². The van der Waals surface area contributed by atoms with Crippen LogP contribution in [0.4, 0.5) is 0 Å². The number of hydrogen-bond donors (Lipinski definition) is 5. The second-order valence-electron chi connectivity index (χ2n) is 16.5. The molecular formula is C56H57BN4NaO9. The number of aromatic nitrogens is 2. The van der Waals surface area contributed by atoms with Crippen molar-refractivity contribution in [2.24, 2.45) is 5.73 Å². The van der Waals surface area contributed by atoms with E-state index >= 15 is 0 Å². The average molecular weight is 964 g/mol. The second kappa shape index (κ2) is 29.2. The number of carboxylic acid groups (broad SMARTS) is 1. The SMILES string of the molecule is CC(=O)O.CC(=O)OOC(C)=O.NC1Cc2ccccc2C1.O=Cc1ccc(-c2ccc3[nH]ccc3c2)cc1.[B-]OC(C)=O.[Na+].c1ccc2c(c1)CC(NCc1ccc(-c3ccc4[nH]ccc4c3)cc1)C2. The van der Waals surface area contributed by atoms with Crippen molar-refractivity contribution in [2.45, 2.75) is 72.0 Å². The van der Waals surface area contributed by atoms with Gasteiger partial charge in [0.05, 0.1) is 0 Å². The number of carbonyl (C=O) groups is 5. The van der Waals surface area contributed by atoms with Gasteiger partial charge in [-0.05, 0) is 123 Å². The molecule has 71 heavy (non-hydrogen) atoms. The number of hydrogen-bond acceptors (Lipinski definition) is 10. The maximum absolute atomic E-state index is 10.6. The first-order valence-corrected chi connectivity index (χ1v) is 22.6. The number of fused-ring (bicyclic) bond motifs is 4. The predicted molar refractivity (Wildman–Crippen MR) is 274 cm³/mol. The maximum Gasteiger partial charge on any atom is 1.00 e. The standard InChI is InChI=1S/C24H22N2.C15H11NO.C9H11N.C4H6O4.C2H3BO2.C2H4O2.Na/c1-2-4-20-15-23(14-19(20)3-1)26-16-17-5-7-18(8-6-17)21-9-10-24-22(13-21)11-12-25-24;17-10-11-1-3-12(4-2-11)13-5-6-15-14(9-13)7-8-16-15;10-9-5-7-3-1-2-4-8(7)6-9;1-3(5)7-8-4(2)6;1-2(4)5-3;1-2(3)4;/h1-13,23,25-26H,14-16H2;1-10,16H;1-4,9H,5-6,10H2;1-2H3;1H3;1H3,(H,3,4);/q;;;;-1;;+1. The number of benzene rings is 6. The van der Waals surface area contributed by atoms with E-state index in [0.717, 1.165) is 75.9 Å². The van der Waals surface area contributed by atoms with Crippen LogP contribution in [0.15, 0.2) is 158 Å².